The molecule has 0 amide bonds. The SMILES string of the molecule is C=C1C=CC=CC(C)C1=O. The monoisotopic (exact) mass is 134 g/mol. The summed E-state index contributed by atoms with van der Waals surface area (Å²) < 4.78 is 0. The molecule has 0 aromatic heterocycles. The second kappa shape index (κ2) is 2.65. The van der Waals surface area contributed by atoms with Crippen LogP contribution in [0.5, 0.6) is 0 Å². The fraction of sp³-hybridized carbons (Fsp3) is 0.222. The first kappa shape index (κ1) is 7.00. The number of hydrogen-bond acceptors (Lipinski definition) is 1. The largest absolute Gasteiger partial charge is 0.294 e. The molecule has 1 atom stereocenters. The first-order chi connectivity index (χ1) is 4.72. The van der Waals surface area contributed by atoms with E-state index < -0.39 is 0 Å². The van der Waals surface area contributed by atoms with Crippen LogP contribution in [0.1, 0.15) is 6.92 Å². The second-order valence-electron chi connectivity index (χ2n) is 2.42. The van der Waals surface area contributed by atoms with Gasteiger partial charge in [0.25, 0.3) is 0 Å². The lowest BCUT2D eigenvalue weighted by atomic mass is 10.0. The zero-order valence-electron chi connectivity index (χ0n) is 6.00. The molecule has 1 aliphatic rings. The predicted molar refractivity (Wildman–Crippen MR) is 41.6 cm³/mol. The molecule has 0 fully saturated rings. The van der Waals surface area contributed by atoms with E-state index in [1.54, 1.807) is 6.08 Å². The van der Waals surface area contributed by atoms with E-state index in [1.807, 2.05) is 25.2 Å². The Morgan fingerprint density at radius 3 is 2.90 bits per heavy atom. The Kier molecular flexibility index (Phi) is 1.86. The van der Waals surface area contributed by atoms with Gasteiger partial charge in [0, 0.05) is 11.5 Å². The molecule has 1 nitrogen and oxygen atoms in total. The molecule has 0 aromatic carbocycles. The van der Waals surface area contributed by atoms with Crippen LogP contribution in [0.2, 0.25) is 0 Å². The zero-order valence-corrected chi connectivity index (χ0v) is 6.00. The third-order valence-electron chi connectivity index (χ3n) is 1.54. The second-order valence-corrected chi connectivity index (χ2v) is 2.42. The highest BCUT2D eigenvalue weighted by molar-refractivity contribution is 6.00. The lowest BCUT2D eigenvalue weighted by molar-refractivity contribution is -0.117. The van der Waals surface area contributed by atoms with Gasteiger partial charge in [0.15, 0.2) is 5.78 Å². The summed E-state index contributed by atoms with van der Waals surface area (Å²) in [7, 11) is 0. The summed E-state index contributed by atoms with van der Waals surface area (Å²) in [5.41, 5.74) is 0.595. The van der Waals surface area contributed by atoms with Crippen molar-refractivity contribution in [2.45, 2.75) is 6.92 Å². The van der Waals surface area contributed by atoms with Crippen LogP contribution in [-0.2, 0) is 4.79 Å². The van der Waals surface area contributed by atoms with Crippen LogP contribution < -0.4 is 0 Å². The maximum atomic E-state index is 11.1. The van der Waals surface area contributed by atoms with Gasteiger partial charge in [0.05, 0.1) is 0 Å². The molecule has 0 heterocycles. The Hall–Kier alpha value is -1.11. The van der Waals surface area contributed by atoms with Crippen molar-refractivity contribution >= 4 is 5.78 Å². The molecule has 0 aliphatic heterocycles. The molecule has 0 spiro atoms. The van der Waals surface area contributed by atoms with Gasteiger partial charge in [0.1, 0.15) is 0 Å². The summed E-state index contributed by atoms with van der Waals surface area (Å²) in [6.07, 6.45) is 7.32. The molecule has 0 saturated carbocycles. The number of carbonyl (C=O) groups is 1. The van der Waals surface area contributed by atoms with Gasteiger partial charge >= 0.3 is 0 Å². The molecule has 1 aliphatic carbocycles. The zero-order chi connectivity index (χ0) is 7.56. The van der Waals surface area contributed by atoms with Gasteiger partial charge < -0.3 is 0 Å². The van der Waals surface area contributed by atoms with E-state index in [2.05, 4.69) is 6.58 Å². The summed E-state index contributed by atoms with van der Waals surface area (Å²) >= 11 is 0. The van der Waals surface area contributed by atoms with Gasteiger partial charge in [-0.2, -0.15) is 0 Å². The summed E-state index contributed by atoms with van der Waals surface area (Å²) in [5.74, 6) is 0.104. The number of hydrogen-bond donors (Lipinski definition) is 0. The van der Waals surface area contributed by atoms with Crippen LogP contribution in [0, 0.1) is 5.92 Å². The van der Waals surface area contributed by atoms with Crippen LogP contribution in [0.3, 0.4) is 0 Å². The highest BCUT2D eigenvalue weighted by atomic mass is 16.1. The van der Waals surface area contributed by atoms with Crippen molar-refractivity contribution in [2.75, 3.05) is 0 Å². The van der Waals surface area contributed by atoms with E-state index in [4.69, 9.17) is 0 Å². The van der Waals surface area contributed by atoms with E-state index in [1.165, 1.54) is 0 Å². The molecule has 0 bridgehead atoms. The van der Waals surface area contributed by atoms with Gasteiger partial charge in [-0.1, -0.05) is 37.8 Å². The molecular formula is C9H10O. The van der Waals surface area contributed by atoms with Crippen molar-refractivity contribution in [1.29, 1.82) is 0 Å². The molecule has 1 unspecified atom stereocenters. The van der Waals surface area contributed by atoms with Crippen LogP contribution in [0.25, 0.3) is 0 Å². The average molecular weight is 134 g/mol. The Morgan fingerprint density at radius 2 is 2.20 bits per heavy atom. The normalized spacial score (nSPS) is 25.1. The fourth-order valence-corrected chi connectivity index (χ4v) is 0.864. The van der Waals surface area contributed by atoms with E-state index >= 15 is 0 Å². The first-order valence-corrected chi connectivity index (χ1v) is 3.30. The fourth-order valence-electron chi connectivity index (χ4n) is 0.864. The Balaban J connectivity index is 2.90. The minimum atomic E-state index is -0.0116. The predicted octanol–water partition coefficient (Wildman–Crippen LogP) is 1.87. The van der Waals surface area contributed by atoms with Crippen molar-refractivity contribution in [3.05, 3.63) is 36.5 Å². The van der Waals surface area contributed by atoms with Crippen LogP contribution >= 0.6 is 0 Å². The van der Waals surface area contributed by atoms with Gasteiger partial charge in [-0.05, 0) is 0 Å². The molecule has 0 radical (unpaired) electrons. The molecule has 0 saturated heterocycles. The molecule has 10 heavy (non-hydrogen) atoms. The van der Waals surface area contributed by atoms with Crippen LogP contribution in [-0.4, -0.2) is 5.78 Å². The van der Waals surface area contributed by atoms with E-state index in [9.17, 15) is 4.79 Å². The Morgan fingerprint density at radius 1 is 1.50 bits per heavy atom. The Bertz CT molecular complexity index is 221. The number of allylic oxidation sites excluding steroid dienone is 5. The maximum absolute atomic E-state index is 11.1. The van der Waals surface area contributed by atoms with Gasteiger partial charge in [-0.15, -0.1) is 0 Å². The highest BCUT2D eigenvalue weighted by Crippen LogP contribution is 2.10. The van der Waals surface area contributed by atoms with Crippen LogP contribution in [0.4, 0.5) is 0 Å². The van der Waals surface area contributed by atoms with Gasteiger partial charge in [0.2, 0.25) is 0 Å². The molecule has 52 valence electrons. The standard InChI is InChI=1S/C9H10O/c1-7-5-3-4-6-8(2)9(7)10/h3-6,8H,1H2,2H3. The molecule has 1 rings (SSSR count). The molecule has 0 aromatic rings. The smallest absolute Gasteiger partial charge is 0.168 e. The maximum Gasteiger partial charge on any atom is 0.168 e. The Labute approximate surface area is 60.7 Å². The van der Waals surface area contributed by atoms with Crippen molar-refractivity contribution < 1.29 is 4.79 Å². The van der Waals surface area contributed by atoms with Crippen molar-refractivity contribution in [3.8, 4) is 0 Å². The highest BCUT2D eigenvalue weighted by Gasteiger charge is 2.11. The lowest BCUT2D eigenvalue weighted by Crippen LogP contribution is -2.07. The number of ketones is 1. The van der Waals surface area contributed by atoms with Crippen molar-refractivity contribution in [2.24, 2.45) is 5.92 Å². The summed E-state index contributed by atoms with van der Waals surface area (Å²) in [6, 6.07) is 0. The summed E-state index contributed by atoms with van der Waals surface area (Å²) in [6.45, 7) is 5.50. The topological polar surface area (TPSA) is 17.1 Å². The van der Waals surface area contributed by atoms with Crippen molar-refractivity contribution in [3.63, 3.8) is 0 Å². The number of rotatable bonds is 0. The molecule has 1 heteroatoms. The minimum absolute atomic E-state index is 0.0116. The third-order valence-corrected chi connectivity index (χ3v) is 1.54. The number of carbonyl (C=O) groups excluding carboxylic acids is 1. The number of Topliss-reactive ketones (excluding diaryl/α,β-unsaturated/α-hetero) is 1. The van der Waals surface area contributed by atoms with Gasteiger partial charge in [-0.25, -0.2) is 0 Å². The lowest BCUT2D eigenvalue weighted by Gasteiger charge is -2.00. The molecular weight excluding hydrogens is 124 g/mol. The first-order valence-electron chi connectivity index (χ1n) is 3.30. The average Bonchev–Trinajstić information content (AvgIpc) is 2.04. The minimum Gasteiger partial charge on any atom is -0.294 e. The van der Waals surface area contributed by atoms with Gasteiger partial charge in [-0.3, -0.25) is 4.79 Å². The summed E-state index contributed by atoms with van der Waals surface area (Å²) in [5, 5.41) is 0. The third kappa shape index (κ3) is 1.24. The van der Waals surface area contributed by atoms with E-state index in [0.29, 0.717) is 5.57 Å². The summed E-state index contributed by atoms with van der Waals surface area (Å²) in [4.78, 5) is 11.1. The van der Waals surface area contributed by atoms with Crippen molar-refractivity contribution in [1.82, 2.24) is 0 Å². The van der Waals surface area contributed by atoms with E-state index in [-0.39, 0.29) is 11.7 Å². The quantitative estimate of drug-likeness (QED) is 0.462. The molecule has 0 N–H and O–H groups in total. The van der Waals surface area contributed by atoms with E-state index in [0.717, 1.165) is 0 Å². The van der Waals surface area contributed by atoms with Crippen LogP contribution in [0.15, 0.2) is 36.5 Å².